The summed E-state index contributed by atoms with van der Waals surface area (Å²) in [6.07, 6.45) is 4.09. The monoisotopic (exact) mass is 224 g/mol. The highest BCUT2D eigenvalue weighted by atomic mass is 16.5. The topological polar surface area (TPSA) is 41.6 Å². The lowest BCUT2D eigenvalue weighted by Gasteiger charge is -2.43. The second-order valence-electron chi connectivity index (χ2n) is 5.28. The Balaban J connectivity index is 1.53. The molecule has 3 fully saturated rings. The van der Waals surface area contributed by atoms with Gasteiger partial charge in [0, 0.05) is 39.2 Å². The van der Waals surface area contributed by atoms with Crippen LogP contribution in [0.4, 0.5) is 0 Å². The van der Waals surface area contributed by atoms with E-state index in [0.29, 0.717) is 11.8 Å². The van der Waals surface area contributed by atoms with Crippen molar-refractivity contribution < 1.29 is 9.53 Å². The molecule has 1 N–H and O–H groups in total. The van der Waals surface area contributed by atoms with E-state index in [2.05, 4.69) is 5.32 Å². The Morgan fingerprint density at radius 2 is 2.38 bits per heavy atom. The van der Waals surface area contributed by atoms with Gasteiger partial charge in [-0.2, -0.15) is 0 Å². The van der Waals surface area contributed by atoms with Crippen molar-refractivity contribution in [3.05, 3.63) is 0 Å². The average molecular weight is 224 g/mol. The Hall–Kier alpha value is -0.610. The van der Waals surface area contributed by atoms with Gasteiger partial charge in [0.05, 0.1) is 5.60 Å². The Labute approximate surface area is 96.3 Å². The highest BCUT2D eigenvalue weighted by Gasteiger charge is 2.48. The van der Waals surface area contributed by atoms with Gasteiger partial charge in [-0.1, -0.05) is 0 Å². The summed E-state index contributed by atoms with van der Waals surface area (Å²) in [5.74, 6) is 1.00. The predicted octanol–water partition coefficient (Wildman–Crippen LogP) is 0.377. The van der Waals surface area contributed by atoms with E-state index in [1.807, 2.05) is 4.90 Å². The van der Waals surface area contributed by atoms with Crippen molar-refractivity contribution in [3.63, 3.8) is 0 Å². The fourth-order valence-corrected chi connectivity index (χ4v) is 3.21. The lowest BCUT2D eigenvalue weighted by Crippen LogP contribution is -2.62. The third kappa shape index (κ3) is 1.64. The summed E-state index contributed by atoms with van der Waals surface area (Å²) >= 11 is 0. The van der Waals surface area contributed by atoms with E-state index in [9.17, 15) is 4.79 Å². The summed E-state index contributed by atoms with van der Waals surface area (Å²) in [4.78, 5) is 13.5. The molecule has 4 heteroatoms. The highest BCUT2D eigenvalue weighted by molar-refractivity contribution is 5.77. The number of hydrogen-bond donors (Lipinski definition) is 1. The molecule has 3 rings (SSSR count). The number of carbonyl (C=O) groups excluding carboxylic acids is 1. The van der Waals surface area contributed by atoms with Crippen LogP contribution in [0.2, 0.25) is 0 Å². The predicted molar refractivity (Wildman–Crippen MR) is 60.1 cm³/mol. The fourth-order valence-electron chi connectivity index (χ4n) is 3.21. The molecule has 0 radical (unpaired) electrons. The molecule has 0 saturated carbocycles. The molecule has 90 valence electrons. The first-order valence-corrected chi connectivity index (χ1v) is 6.43. The van der Waals surface area contributed by atoms with Gasteiger partial charge in [-0.25, -0.2) is 0 Å². The van der Waals surface area contributed by atoms with Crippen LogP contribution in [0.25, 0.3) is 0 Å². The molecule has 1 spiro atoms. The van der Waals surface area contributed by atoms with Crippen LogP contribution in [0.1, 0.15) is 25.7 Å². The lowest BCUT2D eigenvalue weighted by atomic mass is 9.80. The number of nitrogens with zero attached hydrogens (tertiary/aromatic N) is 1. The van der Waals surface area contributed by atoms with Crippen LogP contribution >= 0.6 is 0 Å². The van der Waals surface area contributed by atoms with Crippen LogP contribution in [0.3, 0.4) is 0 Å². The van der Waals surface area contributed by atoms with Crippen molar-refractivity contribution in [2.45, 2.75) is 31.3 Å². The van der Waals surface area contributed by atoms with Crippen molar-refractivity contribution >= 4 is 5.91 Å². The molecule has 1 atom stereocenters. The maximum absolute atomic E-state index is 11.5. The Morgan fingerprint density at radius 3 is 3.00 bits per heavy atom. The minimum absolute atomic E-state index is 0.128. The minimum atomic E-state index is 0.128. The van der Waals surface area contributed by atoms with Crippen LogP contribution in [-0.2, 0) is 9.53 Å². The molecule has 0 bridgehead atoms. The summed E-state index contributed by atoms with van der Waals surface area (Å²) in [6.45, 7) is 4.82. The summed E-state index contributed by atoms with van der Waals surface area (Å²) in [7, 11) is 0. The number of likely N-dealkylation sites (tertiary alicyclic amines) is 1. The van der Waals surface area contributed by atoms with Gasteiger partial charge in [-0.05, 0) is 25.2 Å². The van der Waals surface area contributed by atoms with Gasteiger partial charge in [-0.3, -0.25) is 4.79 Å². The zero-order valence-electron chi connectivity index (χ0n) is 9.71. The van der Waals surface area contributed by atoms with Crippen molar-refractivity contribution in [1.82, 2.24) is 10.2 Å². The van der Waals surface area contributed by atoms with Crippen molar-refractivity contribution in [1.29, 1.82) is 0 Å². The van der Waals surface area contributed by atoms with Gasteiger partial charge in [-0.15, -0.1) is 0 Å². The molecular formula is C12H20N2O2. The molecule has 0 aliphatic carbocycles. The van der Waals surface area contributed by atoms with Crippen LogP contribution < -0.4 is 5.32 Å². The van der Waals surface area contributed by atoms with E-state index in [-0.39, 0.29) is 5.60 Å². The maximum Gasteiger partial charge on any atom is 0.222 e. The summed E-state index contributed by atoms with van der Waals surface area (Å²) < 4.78 is 5.87. The van der Waals surface area contributed by atoms with Crippen molar-refractivity contribution in [3.8, 4) is 0 Å². The van der Waals surface area contributed by atoms with Gasteiger partial charge < -0.3 is 15.0 Å². The van der Waals surface area contributed by atoms with Crippen molar-refractivity contribution in [2.24, 2.45) is 5.92 Å². The summed E-state index contributed by atoms with van der Waals surface area (Å²) in [5.41, 5.74) is 0.128. The SMILES string of the molecule is O=C1CCCN1CCC1CCOC12CNC2. The summed E-state index contributed by atoms with van der Waals surface area (Å²) in [5, 5.41) is 3.31. The van der Waals surface area contributed by atoms with Gasteiger partial charge in [0.2, 0.25) is 5.91 Å². The first-order chi connectivity index (χ1) is 7.80. The molecule has 16 heavy (non-hydrogen) atoms. The van der Waals surface area contributed by atoms with Crippen molar-refractivity contribution in [2.75, 3.05) is 32.8 Å². The molecule has 3 aliphatic heterocycles. The normalized spacial score (nSPS) is 32.4. The zero-order chi connectivity index (χ0) is 11.0. The molecule has 4 nitrogen and oxygen atoms in total. The first kappa shape index (κ1) is 10.5. The van der Waals surface area contributed by atoms with E-state index >= 15 is 0 Å². The molecule has 0 aromatic carbocycles. The molecular weight excluding hydrogens is 204 g/mol. The third-order valence-electron chi connectivity index (χ3n) is 4.37. The second kappa shape index (κ2) is 4.00. The largest absolute Gasteiger partial charge is 0.372 e. The molecule has 0 aromatic rings. The molecule has 1 unspecified atom stereocenters. The maximum atomic E-state index is 11.5. The number of rotatable bonds is 3. The van der Waals surface area contributed by atoms with E-state index in [0.717, 1.165) is 52.0 Å². The van der Waals surface area contributed by atoms with E-state index in [1.54, 1.807) is 0 Å². The zero-order valence-corrected chi connectivity index (χ0v) is 9.71. The van der Waals surface area contributed by atoms with Gasteiger partial charge in [0.15, 0.2) is 0 Å². The number of nitrogens with one attached hydrogen (secondary N) is 1. The number of hydrogen-bond acceptors (Lipinski definition) is 3. The molecule has 0 aromatic heterocycles. The molecule has 1 amide bonds. The van der Waals surface area contributed by atoms with Gasteiger partial charge >= 0.3 is 0 Å². The quantitative estimate of drug-likeness (QED) is 0.753. The second-order valence-corrected chi connectivity index (χ2v) is 5.28. The van der Waals surface area contributed by atoms with E-state index < -0.39 is 0 Å². The lowest BCUT2D eigenvalue weighted by molar-refractivity contribution is -0.128. The van der Waals surface area contributed by atoms with Gasteiger partial charge in [0.25, 0.3) is 0 Å². The number of amides is 1. The smallest absolute Gasteiger partial charge is 0.222 e. The molecule has 3 aliphatic rings. The Kier molecular flexibility index (Phi) is 2.64. The Bertz CT molecular complexity index is 289. The summed E-state index contributed by atoms with van der Waals surface area (Å²) in [6, 6.07) is 0. The molecule has 3 saturated heterocycles. The number of carbonyl (C=O) groups is 1. The first-order valence-electron chi connectivity index (χ1n) is 6.43. The van der Waals surface area contributed by atoms with Crippen LogP contribution in [0.5, 0.6) is 0 Å². The van der Waals surface area contributed by atoms with Crippen LogP contribution in [0.15, 0.2) is 0 Å². The highest BCUT2D eigenvalue weighted by Crippen LogP contribution is 2.37. The third-order valence-corrected chi connectivity index (χ3v) is 4.37. The Morgan fingerprint density at radius 1 is 1.50 bits per heavy atom. The fraction of sp³-hybridized carbons (Fsp3) is 0.917. The average Bonchev–Trinajstić information content (AvgIpc) is 2.80. The van der Waals surface area contributed by atoms with E-state index in [4.69, 9.17) is 4.74 Å². The number of ether oxygens (including phenoxy) is 1. The minimum Gasteiger partial charge on any atom is -0.372 e. The van der Waals surface area contributed by atoms with E-state index in [1.165, 1.54) is 6.42 Å². The van der Waals surface area contributed by atoms with Crippen LogP contribution in [0, 0.1) is 5.92 Å². The van der Waals surface area contributed by atoms with Crippen LogP contribution in [-0.4, -0.2) is 49.2 Å². The molecule has 3 heterocycles. The standard InChI is InChI=1S/C12H20N2O2/c15-11-2-1-5-14(11)6-3-10-4-7-16-12(10)8-13-9-12/h10,13H,1-9H2. The van der Waals surface area contributed by atoms with Gasteiger partial charge in [0.1, 0.15) is 0 Å².